The largest absolute Gasteiger partial charge is 0.493 e. The molecule has 1 saturated heterocycles. The van der Waals surface area contributed by atoms with E-state index in [9.17, 15) is 9.59 Å². The van der Waals surface area contributed by atoms with Crippen LogP contribution in [0.5, 0.6) is 5.75 Å². The van der Waals surface area contributed by atoms with Crippen molar-refractivity contribution in [3.05, 3.63) is 64.8 Å². The molecule has 0 radical (unpaired) electrons. The molecule has 1 aliphatic rings. The molecule has 4 rings (SSSR count). The summed E-state index contributed by atoms with van der Waals surface area (Å²) < 4.78 is 8.05. The third-order valence-corrected chi connectivity index (χ3v) is 6.72. The van der Waals surface area contributed by atoms with Crippen LogP contribution in [0, 0.1) is 12.3 Å². The Kier molecular flexibility index (Phi) is 6.15. The van der Waals surface area contributed by atoms with Gasteiger partial charge in [-0.05, 0) is 49.6 Å². The molecular weight excluding hydrogens is 426 g/mol. The first-order valence-corrected chi connectivity index (χ1v) is 11.2. The number of benzene rings is 2. The Hall–Kier alpha value is -2.99. The summed E-state index contributed by atoms with van der Waals surface area (Å²) in [5.41, 5.74) is 7.69. The van der Waals surface area contributed by atoms with Crippen LogP contribution in [0.2, 0.25) is 5.02 Å². The molecule has 1 aliphatic heterocycles. The van der Waals surface area contributed by atoms with Gasteiger partial charge in [0, 0.05) is 54.1 Å². The van der Waals surface area contributed by atoms with Gasteiger partial charge in [0.2, 0.25) is 5.91 Å². The van der Waals surface area contributed by atoms with Crippen LogP contribution in [-0.4, -0.2) is 41.0 Å². The highest BCUT2D eigenvalue weighted by molar-refractivity contribution is 6.31. The second kappa shape index (κ2) is 8.87. The van der Waals surface area contributed by atoms with Gasteiger partial charge in [0.1, 0.15) is 5.75 Å². The number of halogens is 1. The van der Waals surface area contributed by atoms with Crippen LogP contribution in [0.3, 0.4) is 0 Å². The van der Waals surface area contributed by atoms with Gasteiger partial charge >= 0.3 is 0 Å². The number of ether oxygens (including phenoxy) is 1. The third kappa shape index (κ3) is 4.46. The summed E-state index contributed by atoms with van der Waals surface area (Å²) >= 11 is 6.12. The van der Waals surface area contributed by atoms with Crippen LogP contribution in [0.15, 0.2) is 48.7 Å². The number of aromatic nitrogens is 1. The fraction of sp³-hybridized carbons (Fsp3) is 0.360. The van der Waals surface area contributed by atoms with Crippen molar-refractivity contribution < 1.29 is 14.3 Å². The lowest BCUT2D eigenvalue weighted by Crippen LogP contribution is -2.50. The number of aryl methyl sites for hydroxylation is 2. The lowest BCUT2D eigenvalue weighted by atomic mass is 9.77. The van der Waals surface area contributed by atoms with Crippen LogP contribution in [-0.2, 0) is 11.8 Å². The number of nitrogens with two attached hydrogens (primary N) is 1. The average Bonchev–Trinajstić information content (AvgIpc) is 3.10. The van der Waals surface area contributed by atoms with Crippen LogP contribution in [0.1, 0.15) is 35.2 Å². The van der Waals surface area contributed by atoms with E-state index in [-0.39, 0.29) is 18.2 Å². The van der Waals surface area contributed by atoms with Crippen molar-refractivity contribution >= 4 is 34.3 Å². The van der Waals surface area contributed by atoms with Crippen molar-refractivity contribution in [1.29, 1.82) is 0 Å². The minimum absolute atomic E-state index is 0.0299. The van der Waals surface area contributed by atoms with Gasteiger partial charge in [-0.1, -0.05) is 29.8 Å². The number of hydrogen-bond acceptors (Lipinski definition) is 3. The summed E-state index contributed by atoms with van der Waals surface area (Å²) in [6.07, 6.45) is 3.60. The second-order valence-corrected chi connectivity index (χ2v) is 9.25. The maximum atomic E-state index is 13.5. The Morgan fingerprint density at radius 1 is 1.22 bits per heavy atom. The monoisotopic (exact) mass is 453 g/mol. The molecule has 32 heavy (non-hydrogen) atoms. The molecule has 3 aromatic rings. The van der Waals surface area contributed by atoms with Gasteiger partial charge in [0.25, 0.3) is 5.91 Å². The minimum Gasteiger partial charge on any atom is -0.493 e. The Morgan fingerprint density at radius 3 is 2.75 bits per heavy atom. The maximum absolute atomic E-state index is 13.5. The zero-order valence-corrected chi connectivity index (χ0v) is 19.2. The lowest BCUT2D eigenvalue weighted by molar-refractivity contribution is -0.122. The quantitative estimate of drug-likeness (QED) is 0.603. The van der Waals surface area contributed by atoms with Crippen molar-refractivity contribution in [2.24, 2.45) is 18.2 Å². The summed E-state index contributed by atoms with van der Waals surface area (Å²) in [4.78, 5) is 27.3. The van der Waals surface area contributed by atoms with E-state index >= 15 is 0 Å². The fourth-order valence-corrected chi connectivity index (χ4v) is 4.81. The molecular formula is C25H28ClN3O3. The zero-order valence-electron chi connectivity index (χ0n) is 18.4. The van der Waals surface area contributed by atoms with Crippen molar-refractivity contribution in [2.75, 3.05) is 19.7 Å². The predicted octanol–water partition coefficient (Wildman–Crippen LogP) is 4.32. The smallest absolute Gasteiger partial charge is 0.256 e. The van der Waals surface area contributed by atoms with Gasteiger partial charge in [-0.3, -0.25) is 9.59 Å². The first kappa shape index (κ1) is 22.2. The summed E-state index contributed by atoms with van der Waals surface area (Å²) in [6.45, 7) is 3.28. The zero-order chi connectivity index (χ0) is 22.9. The molecule has 1 fully saturated rings. The number of nitrogens with zero attached hydrogens (tertiary/aromatic N) is 2. The molecule has 2 heterocycles. The Bertz CT molecular complexity index is 1170. The molecule has 2 N–H and O–H groups in total. The average molecular weight is 454 g/mol. The van der Waals surface area contributed by atoms with E-state index < -0.39 is 5.41 Å². The van der Waals surface area contributed by atoms with E-state index in [1.54, 1.807) is 6.07 Å². The summed E-state index contributed by atoms with van der Waals surface area (Å²) in [6, 6.07) is 13.4. The number of para-hydroxylation sites is 1. The molecule has 0 bridgehead atoms. The Morgan fingerprint density at radius 2 is 2.00 bits per heavy atom. The van der Waals surface area contributed by atoms with E-state index in [4.69, 9.17) is 22.1 Å². The summed E-state index contributed by atoms with van der Waals surface area (Å²) in [5.74, 6) is 0.270. The molecule has 1 unspecified atom stereocenters. The summed E-state index contributed by atoms with van der Waals surface area (Å²) in [5, 5.41) is 1.60. The number of carbonyl (C=O) groups is 2. The molecule has 0 spiro atoms. The van der Waals surface area contributed by atoms with Crippen molar-refractivity contribution in [3.63, 3.8) is 0 Å². The van der Waals surface area contributed by atoms with Gasteiger partial charge < -0.3 is 19.9 Å². The lowest BCUT2D eigenvalue weighted by Gasteiger charge is -2.42. The molecule has 168 valence electrons. The fourth-order valence-electron chi connectivity index (χ4n) is 4.69. The number of carbonyl (C=O) groups excluding carboxylic acids is 2. The molecule has 1 aromatic heterocycles. The van der Waals surface area contributed by atoms with Crippen molar-refractivity contribution in [3.8, 4) is 5.75 Å². The van der Waals surface area contributed by atoms with Crippen molar-refractivity contribution in [1.82, 2.24) is 9.47 Å². The second-order valence-electron chi connectivity index (χ2n) is 8.84. The predicted molar refractivity (Wildman–Crippen MR) is 126 cm³/mol. The van der Waals surface area contributed by atoms with E-state index in [1.165, 1.54) is 0 Å². The number of amides is 2. The third-order valence-electron chi connectivity index (χ3n) is 6.30. The molecule has 1 atom stereocenters. The van der Waals surface area contributed by atoms with E-state index in [2.05, 4.69) is 0 Å². The van der Waals surface area contributed by atoms with E-state index in [1.807, 2.05) is 66.0 Å². The Balaban J connectivity index is 1.57. The molecule has 0 saturated carbocycles. The maximum Gasteiger partial charge on any atom is 0.256 e. The molecule has 2 aromatic carbocycles. The highest BCUT2D eigenvalue weighted by Crippen LogP contribution is 2.36. The molecule has 7 heteroatoms. The topological polar surface area (TPSA) is 77.6 Å². The number of primary amides is 1. The highest BCUT2D eigenvalue weighted by Gasteiger charge is 2.40. The normalized spacial score (nSPS) is 18.7. The van der Waals surface area contributed by atoms with Gasteiger partial charge in [0.15, 0.2) is 0 Å². The number of fused-ring (bicyclic) bond motifs is 1. The van der Waals surface area contributed by atoms with Gasteiger partial charge in [-0.15, -0.1) is 0 Å². The standard InChI is InChI=1S/C25H28ClN3O3/c1-17-12-18(8-9-21(17)26)32-16-25(13-23(27)30)10-5-11-29(15-25)24(31)20-14-28(2)22-7-4-3-6-19(20)22/h3-4,6-9,12,14H,5,10-11,13,15-16H2,1-2H3,(H2,27,30). The number of likely N-dealkylation sites (tertiary alicyclic amines) is 1. The van der Waals surface area contributed by atoms with Crippen LogP contribution in [0.4, 0.5) is 0 Å². The molecule has 2 amide bonds. The highest BCUT2D eigenvalue weighted by atomic mass is 35.5. The van der Waals surface area contributed by atoms with E-state index in [0.29, 0.717) is 36.0 Å². The van der Waals surface area contributed by atoms with Gasteiger partial charge in [-0.2, -0.15) is 0 Å². The number of rotatable bonds is 6. The first-order valence-electron chi connectivity index (χ1n) is 10.8. The van der Waals surface area contributed by atoms with E-state index in [0.717, 1.165) is 29.3 Å². The van der Waals surface area contributed by atoms with Crippen LogP contribution in [0.25, 0.3) is 10.9 Å². The minimum atomic E-state index is -0.530. The van der Waals surface area contributed by atoms with Gasteiger partial charge in [-0.25, -0.2) is 0 Å². The molecule has 0 aliphatic carbocycles. The first-order chi connectivity index (χ1) is 15.3. The summed E-state index contributed by atoms with van der Waals surface area (Å²) in [7, 11) is 1.94. The molecule has 6 nitrogen and oxygen atoms in total. The number of piperidine rings is 1. The van der Waals surface area contributed by atoms with Crippen LogP contribution < -0.4 is 10.5 Å². The van der Waals surface area contributed by atoms with Gasteiger partial charge in [0.05, 0.1) is 12.2 Å². The Labute approximate surface area is 192 Å². The number of hydrogen-bond donors (Lipinski definition) is 1. The van der Waals surface area contributed by atoms with Crippen LogP contribution >= 0.6 is 11.6 Å². The van der Waals surface area contributed by atoms with Crippen molar-refractivity contribution in [2.45, 2.75) is 26.2 Å². The SMILES string of the molecule is Cc1cc(OCC2(CC(N)=O)CCCN(C(=O)c3cn(C)c4ccccc34)C2)ccc1Cl.